The first-order valence-electron chi connectivity index (χ1n) is 6.37. The number of rotatable bonds is 7. The smallest absolute Gasteiger partial charge is 0.328 e. The molecule has 1 atom stereocenters. The summed E-state index contributed by atoms with van der Waals surface area (Å²) in [6.07, 6.45) is 4.00. The van der Waals surface area contributed by atoms with Crippen LogP contribution in [-0.2, 0) is 9.53 Å². The van der Waals surface area contributed by atoms with Crippen molar-refractivity contribution in [2.24, 2.45) is 5.92 Å². The molecular weight excluding hydrogens is 246 g/mol. The lowest BCUT2D eigenvalue weighted by Gasteiger charge is -2.20. The monoisotopic (exact) mass is 267 g/mol. The van der Waals surface area contributed by atoms with E-state index < -0.39 is 6.04 Å². The number of anilines is 1. The summed E-state index contributed by atoms with van der Waals surface area (Å²) in [4.78, 5) is 19.9. The van der Waals surface area contributed by atoms with Crippen LogP contribution in [-0.4, -0.2) is 35.7 Å². The second-order valence-corrected chi connectivity index (χ2v) is 4.48. The van der Waals surface area contributed by atoms with E-state index in [-0.39, 0.29) is 11.9 Å². The third-order valence-electron chi connectivity index (χ3n) is 2.49. The third kappa shape index (κ3) is 4.73. The average Bonchev–Trinajstić information content (AvgIpc) is 2.42. The highest BCUT2D eigenvalue weighted by Gasteiger charge is 2.23. The summed E-state index contributed by atoms with van der Waals surface area (Å²) in [7, 11) is 1.37. The number of aromatic nitrogens is 2. The number of esters is 1. The van der Waals surface area contributed by atoms with Crippen molar-refractivity contribution in [3.63, 3.8) is 0 Å². The Morgan fingerprint density at radius 3 is 2.74 bits per heavy atom. The molecule has 0 fully saturated rings. The van der Waals surface area contributed by atoms with Gasteiger partial charge < -0.3 is 14.8 Å². The Morgan fingerprint density at radius 1 is 1.42 bits per heavy atom. The predicted octanol–water partition coefficient (Wildman–Crippen LogP) is 1.87. The van der Waals surface area contributed by atoms with E-state index in [1.54, 1.807) is 12.4 Å². The molecule has 6 nitrogen and oxygen atoms in total. The molecule has 106 valence electrons. The summed E-state index contributed by atoms with van der Waals surface area (Å²) >= 11 is 0. The zero-order chi connectivity index (χ0) is 14.3. The Kier molecular flexibility index (Phi) is 6.05. The van der Waals surface area contributed by atoms with Gasteiger partial charge in [-0.05, 0) is 12.3 Å². The van der Waals surface area contributed by atoms with Crippen molar-refractivity contribution in [1.29, 1.82) is 0 Å². The predicted molar refractivity (Wildman–Crippen MR) is 72.1 cm³/mol. The minimum atomic E-state index is -0.458. The van der Waals surface area contributed by atoms with Crippen LogP contribution in [0.25, 0.3) is 0 Å². The van der Waals surface area contributed by atoms with Crippen molar-refractivity contribution < 1.29 is 14.3 Å². The SMILES string of the molecule is CCCOc1cncc(NC(C(=O)OC)C(C)C)n1. The van der Waals surface area contributed by atoms with Gasteiger partial charge in [0, 0.05) is 0 Å². The van der Waals surface area contributed by atoms with Crippen molar-refractivity contribution in [2.45, 2.75) is 33.2 Å². The van der Waals surface area contributed by atoms with Gasteiger partial charge in [0.15, 0.2) is 0 Å². The molecule has 1 rings (SSSR count). The Hall–Kier alpha value is -1.85. The molecule has 1 unspecified atom stereocenters. The van der Waals surface area contributed by atoms with E-state index in [0.29, 0.717) is 18.3 Å². The lowest BCUT2D eigenvalue weighted by Crippen LogP contribution is -2.35. The van der Waals surface area contributed by atoms with Crippen LogP contribution in [0, 0.1) is 5.92 Å². The number of carbonyl (C=O) groups is 1. The summed E-state index contributed by atoms with van der Waals surface area (Å²) in [5, 5.41) is 3.02. The van der Waals surface area contributed by atoms with Crippen LogP contribution in [0.3, 0.4) is 0 Å². The highest BCUT2D eigenvalue weighted by atomic mass is 16.5. The first-order valence-corrected chi connectivity index (χ1v) is 6.37. The normalized spacial score (nSPS) is 12.1. The molecule has 1 aromatic heterocycles. The van der Waals surface area contributed by atoms with Crippen LogP contribution in [0.4, 0.5) is 5.82 Å². The number of ether oxygens (including phenoxy) is 2. The van der Waals surface area contributed by atoms with E-state index in [2.05, 4.69) is 15.3 Å². The van der Waals surface area contributed by atoms with Crippen molar-refractivity contribution in [2.75, 3.05) is 19.0 Å². The van der Waals surface area contributed by atoms with Crippen LogP contribution >= 0.6 is 0 Å². The summed E-state index contributed by atoms with van der Waals surface area (Å²) in [6.45, 7) is 6.46. The fourth-order valence-corrected chi connectivity index (χ4v) is 1.48. The molecule has 0 aliphatic rings. The minimum absolute atomic E-state index is 0.0782. The molecule has 19 heavy (non-hydrogen) atoms. The van der Waals surface area contributed by atoms with Gasteiger partial charge in [-0.25, -0.2) is 4.79 Å². The van der Waals surface area contributed by atoms with Crippen LogP contribution in [0.5, 0.6) is 5.88 Å². The van der Waals surface area contributed by atoms with Crippen LogP contribution in [0.15, 0.2) is 12.4 Å². The van der Waals surface area contributed by atoms with Gasteiger partial charge in [0.1, 0.15) is 11.9 Å². The molecule has 6 heteroatoms. The third-order valence-corrected chi connectivity index (χ3v) is 2.49. The number of methoxy groups -OCH3 is 1. The van der Waals surface area contributed by atoms with Crippen LogP contribution in [0.2, 0.25) is 0 Å². The second-order valence-electron chi connectivity index (χ2n) is 4.48. The Labute approximate surface area is 113 Å². The second kappa shape index (κ2) is 7.56. The molecule has 1 aromatic rings. The van der Waals surface area contributed by atoms with E-state index >= 15 is 0 Å². The van der Waals surface area contributed by atoms with Gasteiger partial charge in [0.25, 0.3) is 0 Å². The quantitative estimate of drug-likeness (QED) is 0.760. The standard InChI is InChI=1S/C13H21N3O3/c1-5-6-19-11-8-14-7-10(15-11)16-12(9(2)3)13(17)18-4/h7-9,12H,5-6H2,1-4H3,(H,15,16). The molecule has 0 saturated heterocycles. The van der Waals surface area contributed by atoms with Gasteiger partial charge in [0.05, 0.1) is 26.1 Å². The molecule has 0 saturated carbocycles. The number of hydrogen-bond donors (Lipinski definition) is 1. The summed E-state index contributed by atoms with van der Waals surface area (Å²) in [6, 6.07) is -0.458. The zero-order valence-electron chi connectivity index (χ0n) is 11.8. The number of hydrogen-bond acceptors (Lipinski definition) is 6. The Balaban J connectivity index is 2.76. The molecule has 0 amide bonds. The van der Waals surface area contributed by atoms with Crippen molar-refractivity contribution in [3.05, 3.63) is 12.4 Å². The molecule has 0 bridgehead atoms. The van der Waals surface area contributed by atoms with Gasteiger partial charge in [-0.3, -0.25) is 4.98 Å². The molecule has 0 aliphatic heterocycles. The van der Waals surface area contributed by atoms with Crippen molar-refractivity contribution >= 4 is 11.8 Å². The maximum absolute atomic E-state index is 11.7. The lowest BCUT2D eigenvalue weighted by molar-refractivity contribution is -0.142. The average molecular weight is 267 g/mol. The highest BCUT2D eigenvalue weighted by Crippen LogP contribution is 2.14. The van der Waals surface area contributed by atoms with Gasteiger partial charge in [-0.1, -0.05) is 20.8 Å². The number of nitrogens with one attached hydrogen (secondary N) is 1. The summed E-state index contributed by atoms with van der Waals surface area (Å²) < 4.78 is 10.2. The minimum Gasteiger partial charge on any atom is -0.477 e. The Bertz CT molecular complexity index is 410. The van der Waals surface area contributed by atoms with Gasteiger partial charge in [-0.15, -0.1) is 0 Å². The first kappa shape index (κ1) is 15.2. The largest absolute Gasteiger partial charge is 0.477 e. The molecule has 0 spiro atoms. The van der Waals surface area contributed by atoms with Gasteiger partial charge in [0.2, 0.25) is 5.88 Å². The van der Waals surface area contributed by atoms with Crippen LogP contribution < -0.4 is 10.1 Å². The van der Waals surface area contributed by atoms with E-state index in [1.807, 2.05) is 20.8 Å². The topological polar surface area (TPSA) is 73.3 Å². The highest BCUT2D eigenvalue weighted by molar-refractivity contribution is 5.79. The van der Waals surface area contributed by atoms with E-state index in [4.69, 9.17) is 9.47 Å². The maximum Gasteiger partial charge on any atom is 0.328 e. The molecule has 1 heterocycles. The molecule has 1 N–H and O–H groups in total. The van der Waals surface area contributed by atoms with Crippen molar-refractivity contribution in [1.82, 2.24) is 9.97 Å². The van der Waals surface area contributed by atoms with E-state index in [1.165, 1.54) is 7.11 Å². The maximum atomic E-state index is 11.7. The lowest BCUT2D eigenvalue weighted by atomic mass is 10.1. The Morgan fingerprint density at radius 2 is 2.16 bits per heavy atom. The molecular formula is C13H21N3O3. The fraction of sp³-hybridized carbons (Fsp3) is 0.615. The van der Waals surface area contributed by atoms with Gasteiger partial charge in [-0.2, -0.15) is 4.98 Å². The summed E-state index contributed by atoms with van der Waals surface area (Å²) in [5.74, 6) is 0.697. The fourth-order valence-electron chi connectivity index (χ4n) is 1.48. The van der Waals surface area contributed by atoms with Gasteiger partial charge >= 0.3 is 5.97 Å². The first-order chi connectivity index (χ1) is 9.08. The van der Waals surface area contributed by atoms with Crippen LogP contribution in [0.1, 0.15) is 27.2 Å². The number of nitrogens with zero attached hydrogens (tertiary/aromatic N) is 2. The molecule has 0 radical (unpaired) electrons. The van der Waals surface area contributed by atoms with E-state index in [0.717, 1.165) is 6.42 Å². The summed E-state index contributed by atoms with van der Waals surface area (Å²) in [5.41, 5.74) is 0. The number of carbonyl (C=O) groups excluding carboxylic acids is 1. The zero-order valence-corrected chi connectivity index (χ0v) is 11.8. The molecule has 0 aromatic carbocycles. The van der Waals surface area contributed by atoms with E-state index in [9.17, 15) is 4.79 Å². The molecule has 0 aliphatic carbocycles. The van der Waals surface area contributed by atoms with Crippen molar-refractivity contribution in [3.8, 4) is 5.88 Å².